The maximum atomic E-state index is 4.74. The molecule has 0 saturated carbocycles. The minimum atomic E-state index is 0.708. The van der Waals surface area contributed by atoms with Crippen LogP contribution in [0.2, 0.25) is 0 Å². The van der Waals surface area contributed by atoms with Gasteiger partial charge >= 0.3 is 0 Å². The number of para-hydroxylation sites is 1. The number of rotatable bonds is 6. The van der Waals surface area contributed by atoms with Gasteiger partial charge in [-0.05, 0) is 35.8 Å². The summed E-state index contributed by atoms with van der Waals surface area (Å²) >= 11 is 0. The van der Waals surface area contributed by atoms with Crippen LogP contribution in [-0.2, 0) is 6.42 Å². The van der Waals surface area contributed by atoms with Gasteiger partial charge in [0, 0.05) is 11.9 Å². The van der Waals surface area contributed by atoms with Gasteiger partial charge in [0.25, 0.3) is 0 Å². The van der Waals surface area contributed by atoms with Crippen molar-refractivity contribution in [2.45, 2.75) is 6.42 Å². The lowest BCUT2D eigenvalue weighted by molar-refractivity contribution is 1.00. The summed E-state index contributed by atoms with van der Waals surface area (Å²) in [5.74, 6) is 1.59. The molecule has 0 atom stereocenters. The second kappa shape index (κ2) is 8.28. The van der Waals surface area contributed by atoms with Crippen LogP contribution in [0.1, 0.15) is 17.0 Å². The number of nitrogens with one attached hydrogen (secondary N) is 1. The Morgan fingerprint density at radius 1 is 0.704 bits per heavy atom. The van der Waals surface area contributed by atoms with Crippen LogP contribution in [0.15, 0.2) is 84.9 Å². The predicted octanol–water partition coefficient (Wildman–Crippen LogP) is 5.45. The summed E-state index contributed by atoms with van der Waals surface area (Å²) < 4.78 is 0. The lowest BCUT2D eigenvalue weighted by atomic mass is 10.1. The number of anilines is 1. The van der Waals surface area contributed by atoms with Crippen LogP contribution in [0, 0.1) is 0 Å². The van der Waals surface area contributed by atoms with Gasteiger partial charge in [0.05, 0.1) is 5.52 Å². The molecule has 0 fully saturated rings. The van der Waals surface area contributed by atoms with Gasteiger partial charge < -0.3 is 5.32 Å². The number of nitrogens with zero attached hydrogens (tertiary/aromatic N) is 2. The third kappa shape index (κ3) is 4.39. The minimum Gasteiger partial charge on any atom is -0.369 e. The molecule has 1 aromatic heterocycles. The van der Waals surface area contributed by atoms with Crippen molar-refractivity contribution >= 4 is 28.9 Å². The monoisotopic (exact) mass is 351 g/mol. The molecule has 1 heterocycles. The van der Waals surface area contributed by atoms with E-state index in [0.717, 1.165) is 35.2 Å². The Bertz CT molecular complexity index is 1040. The van der Waals surface area contributed by atoms with Crippen molar-refractivity contribution in [1.29, 1.82) is 0 Å². The molecule has 132 valence electrons. The van der Waals surface area contributed by atoms with E-state index in [9.17, 15) is 0 Å². The molecule has 0 saturated heterocycles. The Balaban J connectivity index is 1.57. The SMILES string of the molecule is C(=C\c1nc(NCCc2ccccc2)c2ccccc2n1)/c1ccccc1. The van der Waals surface area contributed by atoms with Crippen LogP contribution in [0.3, 0.4) is 0 Å². The molecule has 3 nitrogen and oxygen atoms in total. The molecule has 4 aromatic rings. The Hall–Kier alpha value is -3.46. The van der Waals surface area contributed by atoms with Crippen LogP contribution < -0.4 is 5.32 Å². The Kier molecular flexibility index (Phi) is 5.21. The second-order valence-corrected chi connectivity index (χ2v) is 6.35. The topological polar surface area (TPSA) is 37.8 Å². The van der Waals surface area contributed by atoms with E-state index in [-0.39, 0.29) is 0 Å². The first-order valence-electron chi connectivity index (χ1n) is 9.16. The molecular weight excluding hydrogens is 330 g/mol. The van der Waals surface area contributed by atoms with Gasteiger partial charge in [0.2, 0.25) is 0 Å². The van der Waals surface area contributed by atoms with E-state index in [1.54, 1.807) is 0 Å². The summed E-state index contributed by atoms with van der Waals surface area (Å²) in [6.07, 6.45) is 4.95. The van der Waals surface area contributed by atoms with E-state index >= 15 is 0 Å². The normalized spacial score (nSPS) is 11.1. The summed E-state index contributed by atoms with van der Waals surface area (Å²) in [4.78, 5) is 9.42. The van der Waals surface area contributed by atoms with Gasteiger partial charge in [-0.25, -0.2) is 9.97 Å². The average Bonchev–Trinajstić information content (AvgIpc) is 2.74. The lowest BCUT2D eigenvalue weighted by Gasteiger charge is -2.10. The van der Waals surface area contributed by atoms with Gasteiger partial charge in [0.1, 0.15) is 5.82 Å². The van der Waals surface area contributed by atoms with Crippen LogP contribution in [0.4, 0.5) is 5.82 Å². The third-order valence-electron chi connectivity index (χ3n) is 4.39. The minimum absolute atomic E-state index is 0.708. The average molecular weight is 351 g/mol. The van der Waals surface area contributed by atoms with E-state index in [4.69, 9.17) is 4.98 Å². The van der Waals surface area contributed by atoms with Crippen LogP contribution in [0.25, 0.3) is 23.1 Å². The molecular formula is C24H21N3. The molecule has 0 spiro atoms. The zero-order valence-corrected chi connectivity index (χ0v) is 15.0. The van der Waals surface area contributed by atoms with Crippen molar-refractivity contribution in [3.8, 4) is 0 Å². The van der Waals surface area contributed by atoms with Crippen LogP contribution in [-0.4, -0.2) is 16.5 Å². The molecule has 27 heavy (non-hydrogen) atoms. The standard InChI is InChI=1S/C24H21N3/c1-3-9-19(10-4-1)15-16-23-26-22-14-8-7-13-21(22)24(27-23)25-18-17-20-11-5-2-6-12-20/h1-16H,17-18H2,(H,25,26,27)/b16-15+. The number of benzene rings is 3. The highest BCUT2D eigenvalue weighted by molar-refractivity contribution is 5.90. The van der Waals surface area contributed by atoms with Gasteiger partial charge in [-0.3, -0.25) is 0 Å². The number of hydrogen-bond donors (Lipinski definition) is 1. The molecule has 1 N–H and O–H groups in total. The molecule has 0 unspecified atom stereocenters. The van der Waals surface area contributed by atoms with E-state index in [1.165, 1.54) is 5.56 Å². The summed E-state index contributed by atoms with van der Waals surface area (Å²) in [6, 6.07) is 28.8. The molecule has 0 aliphatic heterocycles. The fourth-order valence-corrected chi connectivity index (χ4v) is 3.01. The molecule has 0 amide bonds. The molecule has 0 radical (unpaired) electrons. The van der Waals surface area contributed by atoms with Gasteiger partial charge in [0.15, 0.2) is 5.82 Å². The number of aromatic nitrogens is 2. The van der Waals surface area contributed by atoms with Gasteiger partial charge in [-0.1, -0.05) is 78.9 Å². The lowest BCUT2D eigenvalue weighted by Crippen LogP contribution is -2.08. The number of fused-ring (bicyclic) bond motifs is 1. The highest BCUT2D eigenvalue weighted by Crippen LogP contribution is 2.21. The fourth-order valence-electron chi connectivity index (χ4n) is 3.01. The van der Waals surface area contributed by atoms with Crippen molar-refractivity contribution < 1.29 is 0 Å². The summed E-state index contributed by atoms with van der Waals surface area (Å²) in [5.41, 5.74) is 3.39. The first kappa shape index (κ1) is 17.0. The largest absolute Gasteiger partial charge is 0.369 e. The smallest absolute Gasteiger partial charge is 0.154 e. The summed E-state index contributed by atoms with van der Waals surface area (Å²) in [7, 11) is 0. The zero-order valence-electron chi connectivity index (χ0n) is 15.0. The van der Waals surface area contributed by atoms with Crippen molar-refractivity contribution in [2.24, 2.45) is 0 Å². The van der Waals surface area contributed by atoms with Gasteiger partial charge in [-0.15, -0.1) is 0 Å². The first-order chi connectivity index (χ1) is 13.4. The van der Waals surface area contributed by atoms with Crippen molar-refractivity contribution in [3.05, 3.63) is 102 Å². The Labute approximate surface area is 159 Å². The van der Waals surface area contributed by atoms with Crippen molar-refractivity contribution in [1.82, 2.24) is 9.97 Å². The second-order valence-electron chi connectivity index (χ2n) is 6.35. The molecule has 3 aromatic carbocycles. The molecule has 0 bridgehead atoms. The van der Waals surface area contributed by atoms with Gasteiger partial charge in [-0.2, -0.15) is 0 Å². The summed E-state index contributed by atoms with van der Waals surface area (Å²) in [5, 5.41) is 4.53. The van der Waals surface area contributed by atoms with E-state index in [2.05, 4.69) is 52.8 Å². The zero-order chi connectivity index (χ0) is 18.3. The Morgan fingerprint density at radius 2 is 1.41 bits per heavy atom. The van der Waals surface area contributed by atoms with Crippen LogP contribution in [0.5, 0.6) is 0 Å². The quantitative estimate of drug-likeness (QED) is 0.501. The molecule has 0 aliphatic carbocycles. The predicted molar refractivity (Wildman–Crippen MR) is 114 cm³/mol. The third-order valence-corrected chi connectivity index (χ3v) is 4.39. The maximum absolute atomic E-state index is 4.74. The van der Waals surface area contributed by atoms with E-state index in [1.807, 2.05) is 54.6 Å². The van der Waals surface area contributed by atoms with Crippen molar-refractivity contribution in [2.75, 3.05) is 11.9 Å². The maximum Gasteiger partial charge on any atom is 0.154 e. The highest BCUT2D eigenvalue weighted by atomic mass is 15.0. The first-order valence-corrected chi connectivity index (χ1v) is 9.16. The molecule has 4 rings (SSSR count). The van der Waals surface area contributed by atoms with E-state index in [0.29, 0.717) is 5.82 Å². The van der Waals surface area contributed by atoms with Crippen LogP contribution >= 0.6 is 0 Å². The Morgan fingerprint density at radius 3 is 2.22 bits per heavy atom. The fraction of sp³-hybridized carbons (Fsp3) is 0.0833. The van der Waals surface area contributed by atoms with Crippen molar-refractivity contribution in [3.63, 3.8) is 0 Å². The summed E-state index contributed by atoms with van der Waals surface area (Å²) in [6.45, 7) is 0.826. The molecule has 0 aliphatic rings. The number of hydrogen-bond acceptors (Lipinski definition) is 3. The highest BCUT2D eigenvalue weighted by Gasteiger charge is 2.05. The molecule has 3 heteroatoms. The van der Waals surface area contributed by atoms with E-state index < -0.39 is 0 Å².